The zero-order valence-electron chi connectivity index (χ0n) is 11.7. The Morgan fingerprint density at radius 1 is 1.30 bits per heavy atom. The van der Waals surface area contributed by atoms with Gasteiger partial charge in [0.05, 0.1) is 0 Å². The number of nitrogens with one attached hydrogen (secondary N) is 1. The van der Waals surface area contributed by atoms with Crippen LogP contribution in [-0.2, 0) is 16.0 Å². The fourth-order valence-electron chi connectivity index (χ4n) is 1.91. The van der Waals surface area contributed by atoms with E-state index in [9.17, 15) is 9.59 Å². The quantitative estimate of drug-likeness (QED) is 0.813. The van der Waals surface area contributed by atoms with Crippen LogP contribution in [0, 0.1) is 5.92 Å². The third kappa shape index (κ3) is 5.61. The molecule has 0 saturated heterocycles. The molecular weight excluding hydrogens is 278 g/mol. The maximum Gasteiger partial charge on any atom is 0.326 e. The van der Waals surface area contributed by atoms with Crippen LogP contribution in [0.5, 0.6) is 0 Å². The summed E-state index contributed by atoms with van der Waals surface area (Å²) in [6.45, 7) is 3.84. The van der Waals surface area contributed by atoms with Crippen molar-refractivity contribution < 1.29 is 14.7 Å². The first-order valence-electron chi connectivity index (χ1n) is 6.65. The highest BCUT2D eigenvalue weighted by atomic mass is 35.5. The molecule has 0 aliphatic heterocycles. The van der Waals surface area contributed by atoms with Crippen LogP contribution >= 0.6 is 11.6 Å². The number of carbonyl (C=O) groups is 2. The maximum atomic E-state index is 11.8. The lowest BCUT2D eigenvalue weighted by molar-refractivity contribution is -0.142. The highest BCUT2D eigenvalue weighted by Crippen LogP contribution is 2.16. The molecule has 0 saturated carbocycles. The van der Waals surface area contributed by atoms with Gasteiger partial charge in [-0.2, -0.15) is 0 Å². The summed E-state index contributed by atoms with van der Waals surface area (Å²) in [5, 5.41) is 12.2. The smallest absolute Gasteiger partial charge is 0.326 e. The van der Waals surface area contributed by atoms with Gasteiger partial charge >= 0.3 is 5.97 Å². The maximum absolute atomic E-state index is 11.8. The highest BCUT2D eigenvalue weighted by Gasteiger charge is 2.20. The van der Waals surface area contributed by atoms with Crippen molar-refractivity contribution in [2.75, 3.05) is 0 Å². The summed E-state index contributed by atoms with van der Waals surface area (Å²) in [5.41, 5.74) is 0.889. The molecule has 1 aromatic rings. The third-order valence-electron chi connectivity index (χ3n) is 2.92. The number of aryl methyl sites for hydroxylation is 1. The van der Waals surface area contributed by atoms with Crippen molar-refractivity contribution in [3.8, 4) is 0 Å². The van der Waals surface area contributed by atoms with Gasteiger partial charge in [-0.3, -0.25) is 4.79 Å². The van der Waals surface area contributed by atoms with Crippen LogP contribution < -0.4 is 5.32 Å². The van der Waals surface area contributed by atoms with E-state index >= 15 is 0 Å². The van der Waals surface area contributed by atoms with Crippen LogP contribution in [0.3, 0.4) is 0 Å². The molecule has 5 heteroatoms. The van der Waals surface area contributed by atoms with Crippen LogP contribution in [0.4, 0.5) is 0 Å². The molecule has 0 aliphatic rings. The predicted molar refractivity (Wildman–Crippen MR) is 78.8 cm³/mol. The molecule has 110 valence electrons. The summed E-state index contributed by atoms with van der Waals surface area (Å²) >= 11 is 6.01. The van der Waals surface area contributed by atoms with Crippen molar-refractivity contribution in [3.05, 3.63) is 34.9 Å². The van der Waals surface area contributed by atoms with Gasteiger partial charge in [0.2, 0.25) is 5.91 Å². The fraction of sp³-hybridized carbons (Fsp3) is 0.467. The van der Waals surface area contributed by atoms with Crippen molar-refractivity contribution in [1.29, 1.82) is 0 Å². The molecule has 0 heterocycles. The Balaban J connectivity index is 2.50. The van der Waals surface area contributed by atoms with Crippen molar-refractivity contribution in [1.82, 2.24) is 5.32 Å². The first kappa shape index (κ1) is 16.5. The second kappa shape index (κ2) is 7.90. The Labute approximate surface area is 124 Å². The van der Waals surface area contributed by atoms with Crippen LogP contribution in [-0.4, -0.2) is 23.0 Å². The molecule has 0 aromatic heterocycles. The molecule has 1 aromatic carbocycles. The average Bonchev–Trinajstić information content (AvgIpc) is 2.36. The largest absolute Gasteiger partial charge is 0.480 e. The summed E-state index contributed by atoms with van der Waals surface area (Å²) in [6.07, 6.45) is 1.15. The van der Waals surface area contributed by atoms with Crippen LogP contribution in [0.15, 0.2) is 24.3 Å². The molecule has 0 radical (unpaired) electrons. The van der Waals surface area contributed by atoms with Crippen molar-refractivity contribution in [2.24, 2.45) is 5.92 Å². The van der Waals surface area contributed by atoms with Gasteiger partial charge in [-0.25, -0.2) is 4.79 Å². The number of rotatable bonds is 7. The summed E-state index contributed by atoms with van der Waals surface area (Å²) in [4.78, 5) is 22.9. The molecule has 1 amide bonds. The predicted octanol–water partition coefficient (Wildman–Crippen LogP) is 2.89. The second-order valence-electron chi connectivity index (χ2n) is 5.18. The summed E-state index contributed by atoms with van der Waals surface area (Å²) in [7, 11) is 0. The first-order chi connectivity index (χ1) is 9.40. The van der Waals surface area contributed by atoms with E-state index in [2.05, 4.69) is 5.32 Å². The number of carboxylic acids is 1. The average molecular weight is 298 g/mol. The summed E-state index contributed by atoms with van der Waals surface area (Å²) in [6, 6.07) is 6.49. The molecule has 0 bridgehead atoms. The van der Waals surface area contributed by atoms with E-state index in [0.29, 0.717) is 17.9 Å². The molecule has 20 heavy (non-hydrogen) atoms. The van der Waals surface area contributed by atoms with Gasteiger partial charge in [0.1, 0.15) is 6.04 Å². The number of aliphatic carboxylic acids is 1. The van der Waals surface area contributed by atoms with Crippen molar-refractivity contribution in [3.63, 3.8) is 0 Å². The lowest BCUT2D eigenvalue weighted by Crippen LogP contribution is -2.41. The van der Waals surface area contributed by atoms with Gasteiger partial charge in [0, 0.05) is 11.4 Å². The van der Waals surface area contributed by atoms with Crippen molar-refractivity contribution >= 4 is 23.5 Å². The van der Waals surface area contributed by atoms with Gasteiger partial charge in [-0.05, 0) is 30.4 Å². The minimum absolute atomic E-state index is 0.208. The van der Waals surface area contributed by atoms with Crippen LogP contribution in [0.25, 0.3) is 0 Å². The SMILES string of the molecule is CC(C)CC(NC(=O)CCc1ccccc1Cl)C(=O)O. The van der Waals surface area contributed by atoms with E-state index in [4.69, 9.17) is 16.7 Å². The van der Waals surface area contributed by atoms with E-state index in [1.54, 1.807) is 6.07 Å². The lowest BCUT2D eigenvalue weighted by atomic mass is 10.0. The normalized spacial score (nSPS) is 12.2. The molecule has 1 rings (SSSR count). The minimum atomic E-state index is -0.996. The van der Waals surface area contributed by atoms with Gasteiger partial charge in [0.15, 0.2) is 0 Å². The van der Waals surface area contributed by atoms with Gasteiger partial charge in [-0.15, -0.1) is 0 Å². The Bertz CT molecular complexity index is 474. The van der Waals surface area contributed by atoms with Gasteiger partial charge in [0.25, 0.3) is 0 Å². The standard InChI is InChI=1S/C15H20ClNO3/c1-10(2)9-13(15(19)20)17-14(18)8-7-11-5-3-4-6-12(11)16/h3-6,10,13H,7-9H2,1-2H3,(H,17,18)(H,19,20). The Hall–Kier alpha value is -1.55. The summed E-state index contributed by atoms with van der Waals surface area (Å²) < 4.78 is 0. The fourth-order valence-corrected chi connectivity index (χ4v) is 2.14. The first-order valence-corrected chi connectivity index (χ1v) is 7.03. The lowest BCUT2D eigenvalue weighted by Gasteiger charge is -2.16. The van der Waals surface area contributed by atoms with E-state index in [1.165, 1.54) is 0 Å². The number of hydrogen-bond donors (Lipinski definition) is 2. The molecule has 1 atom stereocenters. The molecule has 0 spiro atoms. The van der Waals surface area contributed by atoms with Crippen molar-refractivity contribution in [2.45, 2.75) is 39.2 Å². The minimum Gasteiger partial charge on any atom is -0.480 e. The van der Waals surface area contributed by atoms with E-state index < -0.39 is 12.0 Å². The van der Waals surface area contributed by atoms with E-state index in [-0.39, 0.29) is 18.2 Å². The molecule has 2 N–H and O–H groups in total. The zero-order valence-corrected chi connectivity index (χ0v) is 12.5. The number of benzene rings is 1. The van der Waals surface area contributed by atoms with Gasteiger partial charge in [-0.1, -0.05) is 43.6 Å². The number of halogens is 1. The molecule has 0 aliphatic carbocycles. The molecule has 4 nitrogen and oxygen atoms in total. The number of carbonyl (C=O) groups excluding carboxylic acids is 1. The molecule has 1 unspecified atom stereocenters. The molecular formula is C15H20ClNO3. The van der Waals surface area contributed by atoms with E-state index in [0.717, 1.165) is 5.56 Å². The zero-order chi connectivity index (χ0) is 15.1. The Morgan fingerprint density at radius 2 is 1.95 bits per heavy atom. The number of carboxylic acid groups (broad SMARTS) is 1. The van der Waals surface area contributed by atoms with Crippen LogP contribution in [0.1, 0.15) is 32.3 Å². The third-order valence-corrected chi connectivity index (χ3v) is 3.29. The molecule has 0 fully saturated rings. The van der Waals surface area contributed by atoms with Gasteiger partial charge < -0.3 is 10.4 Å². The number of amides is 1. The monoisotopic (exact) mass is 297 g/mol. The van der Waals surface area contributed by atoms with Crippen LogP contribution in [0.2, 0.25) is 5.02 Å². The Morgan fingerprint density at radius 3 is 2.50 bits per heavy atom. The summed E-state index contributed by atoms with van der Waals surface area (Å²) in [5.74, 6) is -1.05. The second-order valence-corrected chi connectivity index (χ2v) is 5.59. The number of hydrogen-bond acceptors (Lipinski definition) is 2. The van der Waals surface area contributed by atoms with E-state index in [1.807, 2.05) is 32.0 Å². The Kier molecular flexibility index (Phi) is 6.52. The topological polar surface area (TPSA) is 66.4 Å². The highest BCUT2D eigenvalue weighted by molar-refractivity contribution is 6.31.